The molecule has 160 valence electrons. The van der Waals surface area contributed by atoms with E-state index in [0.29, 0.717) is 12.1 Å². The summed E-state index contributed by atoms with van der Waals surface area (Å²) in [6, 6.07) is 13.4. The number of aromatic amines is 1. The van der Waals surface area contributed by atoms with E-state index in [-0.39, 0.29) is 5.82 Å². The van der Waals surface area contributed by atoms with Gasteiger partial charge in [0.2, 0.25) is 0 Å². The molecule has 7 heteroatoms. The maximum atomic E-state index is 13.9. The summed E-state index contributed by atoms with van der Waals surface area (Å²) < 4.78 is 15.0. The average Bonchev–Trinajstić information content (AvgIpc) is 3.48. The summed E-state index contributed by atoms with van der Waals surface area (Å²) in [5.74, 6) is 0.756. The second-order valence-electron chi connectivity index (χ2n) is 7.68. The number of thiazole rings is 1. The topological polar surface area (TPSA) is 66.5 Å². The van der Waals surface area contributed by atoms with E-state index in [1.165, 1.54) is 6.07 Å². The lowest BCUT2D eigenvalue weighted by Gasteiger charge is -2.13. The van der Waals surface area contributed by atoms with E-state index in [0.717, 1.165) is 56.2 Å². The monoisotopic (exact) mass is 443 g/mol. The van der Waals surface area contributed by atoms with Crippen LogP contribution >= 0.6 is 11.3 Å². The van der Waals surface area contributed by atoms with E-state index in [4.69, 9.17) is 4.98 Å². The van der Waals surface area contributed by atoms with E-state index >= 15 is 0 Å². The number of fused-ring (bicyclic) bond motifs is 1. The molecule has 5 aromatic rings. The summed E-state index contributed by atoms with van der Waals surface area (Å²) >= 11 is 1.61. The lowest BCUT2D eigenvalue weighted by molar-refractivity contribution is 0.619. The van der Waals surface area contributed by atoms with Crippen molar-refractivity contribution in [1.82, 2.24) is 19.9 Å². The van der Waals surface area contributed by atoms with Crippen LogP contribution in [0.25, 0.3) is 32.6 Å². The number of nitrogens with one attached hydrogen (secondary N) is 2. The molecule has 0 bridgehead atoms. The zero-order valence-corrected chi connectivity index (χ0v) is 18.6. The first-order chi connectivity index (χ1) is 15.6. The molecule has 3 heterocycles. The Balaban J connectivity index is 1.55. The number of nitrogens with zero attached hydrogens (tertiary/aromatic N) is 3. The van der Waals surface area contributed by atoms with Crippen LogP contribution in [0.1, 0.15) is 24.0 Å². The van der Waals surface area contributed by atoms with Gasteiger partial charge >= 0.3 is 0 Å². The summed E-state index contributed by atoms with van der Waals surface area (Å²) in [5, 5.41) is 3.44. The average molecular weight is 444 g/mol. The Morgan fingerprint density at radius 3 is 2.69 bits per heavy atom. The maximum Gasteiger partial charge on any atom is 0.126 e. The SMILES string of the molecule is CCc1ncc(CNc2cnc(-c3ccc(F)c(C)c3)c(-c3ccc4ncsc4c3)c2)[nH]1. The van der Waals surface area contributed by atoms with Crippen molar-refractivity contribution < 1.29 is 4.39 Å². The molecule has 0 aliphatic carbocycles. The van der Waals surface area contributed by atoms with Crippen LogP contribution in [0.15, 0.2) is 60.4 Å². The van der Waals surface area contributed by atoms with Crippen LogP contribution in [0, 0.1) is 12.7 Å². The number of hydrogen-bond acceptors (Lipinski definition) is 5. The molecule has 0 radical (unpaired) electrons. The van der Waals surface area contributed by atoms with Gasteiger partial charge in [-0.15, -0.1) is 11.3 Å². The molecular formula is C25H22FN5S. The molecule has 0 spiro atoms. The van der Waals surface area contributed by atoms with Crippen LogP contribution in [0.4, 0.5) is 10.1 Å². The number of hydrogen-bond donors (Lipinski definition) is 2. The summed E-state index contributed by atoms with van der Waals surface area (Å²) in [7, 11) is 0. The standard InChI is InChI=1S/C25H22FN5S/c1-3-24-28-13-19(31-24)12-27-18-10-20(16-5-7-22-23(9-16)32-14-30-22)25(29-11-18)17-4-6-21(26)15(2)8-17/h4-11,13-14,27H,3,12H2,1-2H3,(H,28,31). The fourth-order valence-corrected chi connectivity index (χ4v) is 4.41. The van der Waals surface area contributed by atoms with Crippen LogP contribution in [-0.2, 0) is 13.0 Å². The molecule has 0 fully saturated rings. The molecule has 2 N–H and O–H groups in total. The molecule has 0 amide bonds. The van der Waals surface area contributed by atoms with E-state index in [1.54, 1.807) is 24.3 Å². The summed E-state index contributed by atoms with van der Waals surface area (Å²) in [6.45, 7) is 4.46. The van der Waals surface area contributed by atoms with Crippen LogP contribution in [0.2, 0.25) is 0 Å². The zero-order chi connectivity index (χ0) is 22.1. The van der Waals surface area contributed by atoms with Gasteiger partial charge in [-0.1, -0.05) is 13.0 Å². The molecule has 3 aromatic heterocycles. The van der Waals surface area contributed by atoms with Gasteiger partial charge in [0.25, 0.3) is 0 Å². The molecule has 5 rings (SSSR count). The van der Waals surface area contributed by atoms with Gasteiger partial charge in [0.15, 0.2) is 0 Å². The van der Waals surface area contributed by atoms with Gasteiger partial charge in [-0.05, 0) is 54.4 Å². The Morgan fingerprint density at radius 2 is 1.88 bits per heavy atom. The molecule has 0 unspecified atom stereocenters. The predicted molar refractivity (Wildman–Crippen MR) is 128 cm³/mol. The molecule has 0 saturated carbocycles. The van der Waals surface area contributed by atoms with E-state index in [2.05, 4.69) is 45.4 Å². The predicted octanol–water partition coefficient (Wildman–Crippen LogP) is 6.37. The largest absolute Gasteiger partial charge is 0.378 e. The number of anilines is 1. The van der Waals surface area contributed by atoms with Gasteiger partial charge in [-0.2, -0.15) is 0 Å². The first-order valence-electron chi connectivity index (χ1n) is 10.5. The lowest BCUT2D eigenvalue weighted by Crippen LogP contribution is -2.02. The third-order valence-electron chi connectivity index (χ3n) is 5.46. The number of rotatable bonds is 6. The number of pyridine rings is 1. The van der Waals surface area contributed by atoms with Crippen molar-refractivity contribution in [2.24, 2.45) is 0 Å². The molecule has 32 heavy (non-hydrogen) atoms. The first kappa shape index (κ1) is 20.3. The first-order valence-corrected chi connectivity index (χ1v) is 11.4. The highest BCUT2D eigenvalue weighted by molar-refractivity contribution is 7.16. The number of aromatic nitrogens is 4. The highest BCUT2D eigenvalue weighted by atomic mass is 32.1. The Bertz CT molecular complexity index is 1400. The minimum absolute atomic E-state index is 0.217. The summed E-state index contributed by atoms with van der Waals surface area (Å²) in [6.07, 6.45) is 4.55. The second-order valence-corrected chi connectivity index (χ2v) is 8.57. The van der Waals surface area contributed by atoms with Crippen molar-refractivity contribution in [2.45, 2.75) is 26.8 Å². The van der Waals surface area contributed by atoms with E-state index in [9.17, 15) is 4.39 Å². The fraction of sp³-hybridized carbons (Fsp3) is 0.160. The highest BCUT2D eigenvalue weighted by Crippen LogP contribution is 2.35. The maximum absolute atomic E-state index is 13.9. The normalized spacial score (nSPS) is 11.2. The quantitative estimate of drug-likeness (QED) is 0.320. The fourth-order valence-electron chi connectivity index (χ4n) is 3.70. The molecule has 0 saturated heterocycles. The van der Waals surface area contributed by atoms with Gasteiger partial charge in [0.05, 0.1) is 51.7 Å². The minimum atomic E-state index is -0.217. The van der Waals surface area contributed by atoms with Crippen LogP contribution in [0.3, 0.4) is 0 Å². The van der Waals surface area contributed by atoms with E-state index < -0.39 is 0 Å². The van der Waals surface area contributed by atoms with Crippen molar-refractivity contribution in [2.75, 3.05) is 5.32 Å². The number of imidazole rings is 1. The van der Waals surface area contributed by atoms with Crippen LogP contribution in [0.5, 0.6) is 0 Å². The number of benzene rings is 2. The van der Waals surface area contributed by atoms with Crippen molar-refractivity contribution in [1.29, 1.82) is 0 Å². The van der Waals surface area contributed by atoms with Crippen molar-refractivity contribution in [3.8, 4) is 22.4 Å². The smallest absolute Gasteiger partial charge is 0.126 e. The third kappa shape index (κ3) is 3.99. The van der Waals surface area contributed by atoms with Crippen molar-refractivity contribution >= 4 is 27.2 Å². The van der Waals surface area contributed by atoms with Crippen molar-refractivity contribution in [3.05, 3.63) is 83.3 Å². The van der Waals surface area contributed by atoms with E-state index in [1.807, 2.05) is 30.0 Å². The highest BCUT2D eigenvalue weighted by Gasteiger charge is 2.13. The third-order valence-corrected chi connectivity index (χ3v) is 6.25. The summed E-state index contributed by atoms with van der Waals surface area (Å²) in [5.41, 5.74) is 9.08. The van der Waals surface area contributed by atoms with Gasteiger partial charge < -0.3 is 10.3 Å². The van der Waals surface area contributed by atoms with Gasteiger partial charge in [0, 0.05) is 17.5 Å². The van der Waals surface area contributed by atoms with Gasteiger partial charge in [0.1, 0.15) is 11.6 Å². The molecule has 5 nitrogen and oxygen atoms in total. The Labute approximate surface area is 189 Å². The number of H-pyrrole nitrogens is 1. The van der Waals surface area contributed by atoms with Crippen LogP contribution in [-0.4, -0.2) is 19.9 Å². The Morgan fingerprint density at radius 1 is 1.00 bits per heavy atom. The van der Waals surface area contributed by atoms with Crippen molar-refractivity contribution in [3.63, 3.8) is 0 Å². The number of aryl methyl sites for hydroxylation is 2. The second kappa shape index (κ2) is 8.51. The zero-order valence-electron chi connectivity index (χ0n) is 17.8. The minimum Gasteiger partial charge on any atom is -0.378 e. The molecular weight excluding hydrogens is 421 g/mol. The summed E-state index contributed by atoms with van der Waals surface area (Å²) in [4.78, 5) is 16.8. The van der Waals surface area contributed by atoms with Gasteiger partial charge in [-0.25, -0.2) is 14.4 Å². The molecule has 2 aromatic carbocycles. The molecule has 0 atom stereocenters. The Kier molecular flexibility index (Phi) is 5.41. The lowest BCUT2D eigenvalue weighted by atomic mass is 9.97. The van der Waals surface area contributed by atoms with Crippen LogP contribution < -0.4 is 5.32 Å². The number of halogens is 1. The molecule has 0 aliphatic rings. The Hall–Kier alpha value is -3.58. The molecule has 0 aliphatic heterocycles. The van der Waals surface area contributed by atoms with Gasteiger partial charge in [-0.3, -0.25) is 4.98 Å².